The van der Waals surface area contributed by atoms with Crippen molar-refractivity contribution in [2.24, 2.45) is 7.05 Å². The minimum atomic E-state index is 0.0323. The molecule has 3 aromatic rings. The topological polar surface area (TPSA) is 29.9 Å². The molecular weight excluding hydrogens is 390 g/mol. The third kappa shape index (κ3) is 4.99. The minimum Gasteiger partial charge on any atom is -0.340 e. The largest absolute Gasteiger partial charge is 0.340 e. The van der Waals surface area contributed by atoms with Crippen molar-refractivity contribution in [3.63, 3.8) is 0 Å². The number of rotatable bonds is 5. The summed E-state index contributed by atoms with van der Waals surface area (Å²) in [6.07, 6.45) is 8.83. The molecule has 0 saturated carbocycles. The van der Waals surface area contributed by atoms with Crippen molar-refractivity contribution in [2.75, 3.05) is 6.54 Å². The lowest BCUT2D eigenvalue weighted by Crippen LogP contribution is -2.29. The lowest BCUT2D eigenvalue weighted by Gasteiger charge is -2.32. The van der Waals surface area contributed by atoms with Gasteiger partial charge in [0.1, 0.15) is 0 Å². The normalized spacial score (nSPS) is 17.5. The second kappa shape index (κ2) is 8.86. The Labute approximate surface area is 194 Å². The molecule has 1 aliphatic heterocycles. The van der Waals surface area contributed by atoms with Gasteiger partial charge in [-0.05, 0) is 65.0 Å². The van der Waals surface area contributed by atoms with Crippen molar-refractivity contribution in [1.29, 1.82) is 0 Å². The summed E-state index contributed by atoms with van der Waals surface area (Å²) in [4.78, 5) is 4.54. The molecule has 1 fully saturated rings. The zero-order valence-corrected chi connectivity index (χ0v) is 20.7. The summed E-state index contributed by atoms with van der Waals surface area (Å²) < 4.78 is 2.00. The highest BCUT2D eigenvalue weighted by Gasteiger charge is 2.27. The highest BCUT2D eigenvalue weighted by Crippen LogP contribution is 2.36. The number of nitrogens with one attached hydrogen (secondary N) is 1. The molecule has 0 aliphatic carbocycles. The number of hydrogen-bond acceptors (Lipinski definition) is 2. The Morgan fingerprint density at radius 1 is 1.03 bits per heavy atom. The molecule has 1 atom stereocenters. The molecule has 1 aliphatic rings. The van der Waals surface area contributed by atoms with Gasteiger partial charge in [-0.2, -0.15) is 0 Å². The van der Waals surface area contributed by atoms with Crippen LogP contribution in [0.4, 0.5) is 0 Å². The van der Waals surface area contributed by atoms with E-state index in [1.165, 1.54) is 47.1 Å². The minimum absolute atomic E-state index is 0.0323. The first-order valence-electron chi connectivity index (χ1n) is 12.1. The van der Waals surface area contributed by atoms with E-state index >= 15 is 0 Å². The van der Waals surface area contributed by atoms with E-state index in [1.54, 1.807) is 0 Å². The van der Waals surface area contributed by atoms with Crippen molar-refractivity contribution < 1.29 is 0 Å². The van der Waals surface area contributed by atoms with E-state index in [2.05, 4.69) is 93.6 Å². The quantitative estimate of drug-likeness (QED) is 0.488. The monoisotopic (exact) mass is 429 g/mol. The summed E-state index contributed by atoms with van der Waals surface area (Å²) in [7, 11) is 2.02. The molecule has 2 aromatic carbocycles. The smallest absolute Gasteiger partial charge is 0.0951 e. The SMILES string of the molecule is Cn1cnc(-c2cccc(C(C)(C)Cc3ccc([C@H]4CCCCN4)c(C(C)(C)C)c3)c2)c1. The van der Waals surface area contributed by atoms with Crippen LogP contribution in [0.15, 0.2) is 55.0 Å². The predicted octanol–water partition coefficient (Wildman–Crippen LogP) is 6.72. The van der Waals surface area contributed by atoms with Gasteiger partial charge in [0, 0.05) is 24.8 Å². The average molecular weight is 430 g/mol. The third-order valence-electron chi connectivity index (χ3n) is 6.90. The maximum atomic E-state index is 4.54. The van der Waals surface area contributed by atoms with Crippen LogP contribution in [-0.2, 0) is 24.3 Å². The molecule has 2 heterocycles. The number of nitrogens with zero attached hydrogens (tertiary/aromatic N) is 2. The maximum Gasteiger partial charge on any atom is 0.0951 e. The van der Waals surface area contributed by atoms with Gasteiger partial charge in [-0.25, -0.2) is 4.98 Å². The first kappa shape index (κ1) is 22.8. The first-order valence-corrected chi connectivity index (χ1v) is 12.1. The molecule has 0 unspecified atom stereocenters. The van der Waals surface area contributed by atoms with Gasteiger partial charge in [0.05, 0.1) is 12.0 Å². The Hall–Kier alpha value is -2.39. The van der Waals surface area contributed by atoms with Crippen LogP contribution in [0.25, 0.3) is 11.3 Å². The summed E-state index contributed by atoms with van der Waals surface area (Å²) in [5.74, 6) is 0. The molecule has 170 valence electrons. The lowest BCUT2D eigenvalue weighted by molar-refractivity contribution is 0.404. The fourth-order valence-electron chi connectivity index (χ4n) is 5.06. The van der Waals surface area contributed by atoms with Crippen LogP contribution in [0.5, 0.6) is 0 Å². The van der Waals surface area contributed by atoms with Crippen molar-refractivity contribution in [3.8, 4) is 11.3 Å². The van der Waals surface area contributed by atoms with E-state index < -0.39 is 0 Å². The first-order chi connectivity index (χ1) is 15.1. The lowest BCUT2D eigenvalue weighted by atomic mass is 9.75. The van der Waals surface area contributed by atoms with Gasteiger partial charge in [-0.15, -0.1) is 0 Å². The van der Waals surface area contributed by atoms with E-state index in [9.17, 15) is 0 Å². The maximum absolute atomic E-state index is 4.54. The Morgan fingerprint density at radius 3 is 2.50 bits per heavy atom. The van der Waals surface area contributed by atoms with E-state index in [4.69, 9.17) is 0 Å². The van der Waals surface area contributed by atoms with Crippen LogP contribution in [0.2, 0.25) is 0 Å². The molecule has 0 amide bonds. The molecule has 1 N–H and O–H groups in total. The van der Waals surface area contributed by atoms with Crippen molar-refractivity contribution in [1.82, 2.24) is 14.9 Å². The summed E-state index contributed by atoms with van der Waals surface area (Å²) in [5, 5.41) is 3.76. The van der Waals surface area contributed by atoms with Crippen molar-refractivity contribution in [2.45, 2.75) is 77.2 Å². The summed E-state index contributed by atoms with van der Waals surface area (Å²) >= 11 is 0. The van der Waals surface area contributed by atoms with E-state index in [0.717, 1.165) is 18.7 Å². The summed E-state index contributed by atoms with van der Waals surface area (Å²) in [6.45, 7) is 12.9. The number of aryl methyl sites for hydroxylation is 1. The number of aromatic nitrogens is 2. The number of hydrogen-bond donors (Lipinski definition) is 1. The van der Waals surface area contributed by atoms with E-state index in [-0.39, 0.29) is 10.8 Å². The average Bonchev–Trinajstić information content (AvgIpc) is 3.20. The molecule has 0 bridgehead atoms. The van der Waals surface area contributed by atoms with Crippen molar-refractivity contribution in [3.05, 3.63) is 77.2 Å². The molecule has 1 aromatic heterocycles. The van der Waals surface area contributed by atoms with Crippen LogP contribution in [0.3, 0.4) is 0 Å². The van der Waals surface area contributed by atoms with Gasteiger partial charge < -0.3 is 9.88 Å². The van der Waals surface area contributed by atoms with E-state index in [1.807, 2.05) is 17.9 Å². The van der Waals surface area contributed by atoms with E-state index in [0.29, 0.717) is 6.04 Å². The summed E-state index contributed by atoms with van der Waals surface area (Å²) in [5.41, 5.74) is 8.15. The van der Waals surface area contributed by atoms with Crippen LogP contribution in [0.1, 0.15) is 82.2 Å². The Bertz CT molecular complexity index is 1060. The molecule has 0 spiro atoms. The Morgan fingerprint density at radius 2 is 1.84 bits per heavy atom. The second-order valence-corrected chi connectivity index (χ2v) is 11.2. The standard InChI is InChI=1S/C29H39N3/c1-28(2,3)25-16-21(13-14-24(25)26-12-7-8-15-30-26)18-29(4,5)23-11-9-10-22(17-23)27-19-32(6)20-31-27/h9-11,13-14,16-17,19-20,26,30H,7-8,12,15,18H2,1-6H3/t26-/m1/s1. The van der Waals surface area contributed by atoms with Gasteiger partial charge >= 0.3 is 0 Å². The van der Waals surface area contributed by atoms with Crippen LogP contribution >= 0.6 is 0 Å². The molecule has 3 heteroatoms. The molecule has 32 heavy (non-hydrogen) atoms. The van der Waals surface area contributed by atoms with Crippen LogP contribution in [0, 0.1) is 0 Å². The number of benzene rings is 2. The number of piperidine rings is 1. The van der Waals surface area contributed by atoms with Gasteiger partial charge in [-0.3, -0.25) is 0 Å². The van der Waals surface area contributed by atoms with Gasteiger partial charge in [0.2, 0.25) is 0 Å². The molecule has 1 saturated heterocycles. The zero-order chi connectivity index (χ0) is 22.9. The second-order valence-electron chi connectivity index (χ2n) is 11.2. The predicted molar refractivity (Wildman–Crippen MR) is 135 cm³/mol. The van der Waals surface area contributed by atoms with Crippen LogP contribution in [-0.4, -0.2) is 16.1 Å². The fraction of sp³-hybridized carbons (Fsp3) is 0.483. The van der Waals surface area contributed by atoms with Crippen molar-refractivity contribution >= 4 is 0 Å². The molecule has 4 rings (SSSR count). The van der Waals surface area contributed by atoms with Crippen LogP contribution < -0.4 is 5.32 Å². The van der Waals surface area contributed by atoms with Gasteiger partial charge in [0.25, 0.3) is 0 Å². The highest BCUT2D eigenvalue weighted by molar-refractivity contribution is 5.60. The number of imidazole rings is 1. The molecule has 3 nitrogen and oxygen atoms in total. The van der Waals surface area contributed by atoms with Gasteiger partial charge in [-0.1, -0.05) is 77.4 Å². The summed E-state index contributed by atoms with van der Waals surface area (Å²) in [6, 6.07) is 16.6. The zero-order valence-electron chi connectivity index (χ0n) is 20.7. The Balaban J connectivity index is 1.63. The van der Waals surface area contributed by atoms with Gasteiger partial charge in [0.15, 0.2) is 0 Å². The molecule has 0 radical (unpaired) electrons. The Kier molecular flexibility index (Phi) is 6.31. The highest BCUT2D eigenvalue weighted by atomic mass is 15.0. The molecular formula is C29H39N3. The third-order valence-corrected chi connectivity index (χ3v) is 6.90. The fourth-order valence-corrected chi connectivity index (χ4v) is 5.06.